The van der Waals surface area contributed by atoms with Gasteiger partial charge in [0.1, 0.15) is 0 Å². The van der Waals surface area contributed by atoms with Gasteiger partial charge in [0.2, 0.25) is 0 Å². The molecule has 0 aromatic carbocycles. The number of aromatic nitrogens is 1. The lowest BCUT2D eigenvalue weighted by molar-refractivity contribution is 0.686. The van der Waals surface area contributed by atoms with Gasteiger partial charge in [-0.1, -0.05) is 19.9 Å². The summed E-state index contributed by atoms with van der Waals surface area (Å²) in [6.07, 6.45) is 1.83. The molecule has 2 aromatic heterocycles. The number of hydrogen-bond acceptors (Lipinski definition) is 3. The predicted octanol–water partition coefficient (Wildman–Crippen LogP) is 3.56. The van der Waals surface area contributed by atoms with Gasteiger partial charge in [-0.3, -0.25) is 4.98 Å². The first-order chi connectivity index (χ1) is 8.25. The van der Waals surface area contributed by atoms with E-state index < -0.39 is 0 Å². The van der Waals surface area contributed by atoms with Crippen LogP contribution in [0.4, 0.5) is 0 Å². The summed E-state index contributed by atoms with van der Waals surface area (Å²) in [6.45, 7) is 6.22. The van der Waals surface area contributed by atoms with Crippen LogP contribution in [0.2, 0.25) is 0 Å². The molecule has 0 unspecified atom stereocenters. The first kappa shape index (κ1) is 12.3. The van der Waals surface area contributed by atoms with E-state index in [1.807, 2.05) is 35.7 Å². The molecule has 0 atom stereocenters. The van der Waals surface area contributed by atoms with Crippen LogP contribution in [0.5, 0.6) is 0 Å². The molecule has 2 rings (SSSR count). The Morgan fingerprint density at radius 2 is 2.06 bits per heavy atom. The van der Waals surface area contributed by atoms with Crippen LogP contribution < -0.4 is 5.32 Å². The van der Waals surface area contributed by atoms with Crippen LogP contribution in [0.1, 0.15) is 35.2 Å². The van der Waals surface area contributed by atoms with Gasteiger partial charge in [0, 0.05) is 29.0 Å². The zero-order valence-corrected chi connectivity index (χ0v) is 11.1. The van der Waals surface area contributed by atoms with Crippen molar-refractivity contribution in [3.8, 4) is 0 Å². The monoisotopic (exact) mass is 246 g/mol. The van der Waals surface area contributed by atoms with E-state index in [1.165, 1.54) is 9.75 Å². The molecule has 0 saturated heterocycles. The lowest BCUT2D eigenvalue weighted by atomic mass is 10.2. The van der Waals surface area contributed by atoms with Gasteiger partial charge in [-0.25, -0.2) is 0 Å². The van der Waals surface area contributed by atoms with E-state index >= 15 is 0 Å². The minimum Gasteiger partial charge on any atom is -0.306 e. The molecule has 1 N–H and O–H groups in total. The fourth-order valence-electron chi connectivity index (χ4n) is 1.62. The van der Waals surface area contributed by atoms with Gasteiger partial charge in [0.15, 0.2) is 0 Å². The topological polar surface area (TPSA) is 24.9 Å². The summed E-state index contributed by atoms with van der Waals surface area (Å²) in [7, 11) is 0. The highest BCUT2D eigenvalue weighted by molar-refractivity contribution is 7.12. The minimum atomic E-state index is 0.629. The average Bonchev–Trinajstić information content (AvgIpc) is 2.79. The lowest BCUT2D eigenvalue weighted by Crippen LogP contribution is -2.12. The number of thiophene rings is 1. The Balaban J connectivity index is 1.82. The third kappa shape index (κ3) is 3.65. The van der Waals surface area contributed by atoms with Crippen LogP contribution in [0.15, 0.2) is 36.5 Å². The summed E-state index contributed by atoms with van der Waals surface area (Å²) in [6, 6.07) is 10.4. The number of hydrogen-bond donors (Lipinski definition) is 1. The third-order valence-corrected chi connectivity index (χ3v) is 3.97. The zero-order valence-electron chi connectivity index (χ0n) is 10.3. The highest BCUT2D eigenvalue weighted by atomic mass is 32.1. The van der Waals surface area contributed by atoms with Gasteiger partial charge in [0.25, 0.3) is 0 Å². The second-order valence-electron chi connectivity index (χ2n) is 4.38. The number of nitrogens with one attached hydrogen (secondary N) is 1. The zero-order chi connectivity index (χ0) is 12.1. The van der Waals surface area contributed by atoms with Crippen LogP contribution >= 0.6 is 11.3 Å². The van der Waals surface area contributed by atoms with Crippen molar-refractivity contribution in [1.82, 2.24) is 10.3 Å². The molecule has 0 aliphatic heterocycles. The maximum atomic E-state index is 4.28. The Hall–Kier alpha value is -1.19. The van der Waals surface area contributed by atoms with Crippen LogP contribution in [-0.2, 0) is 13.1 Å². The summed E-state index contributed by atoms with van der Waals surface area (Å²) in [5.41, 5.74) is 1.09. The summed E-state index contributed by atoms with van der Waals surface area (Å²) in [5.74, 6) is 0.629. The van der Waals surface area contributed by atoms with E-state index in [-0.39, 0.29) is 0 Å². The maximum absolute atomic E-state index is 4.28. The van der Waals surface area contributed by atoms with Crippen molar-refractivity contribution in [3.05, 3.63) is 52.0 Å². The van der Waals surface area contributed by atoms with Gasteiger partial charge in [0.05, 0.1) is 5.69 Å². The lowest BCUT2D eigenvalue weighted by Gasteiger charge is -2.02. The van der Waals surface area contributed by atoms with E-state index in [0.29, 0.717) is 5.92 Å². The minimum absolute atomic E-state index is 0.629. The Kier molecular flexibility index (Phi) is 4.29. The number of nitrogens with zero attached hydrogens (tertiary/aromatic N) is 1. The highest BCUT2D eigenvalue weighted by Gasteiger charge is 2.03. The summed E-state index contributed by atoms with van der Waals surface area (Å²) >= 11 is 1.89. The molecule has 0 bridgehead atoms. The van der Waals surface area contributed by atoms with Crippen LogP contribution in [0, 0.1) is 0 Å². The summed E-state index contributed by atoms with van der Waals surface area (Å²) in [4.78, 5) is 7.14. The first-order valence-corrected chi connectivity index (χ1v) is 6.76. The normalized spacial score (nSPS) is 11.0. The Morgan fingerprint density at radius 1 is 1.18 bits per heavy atom. The molecule has 2 heterocycles. The van der Waals surface area contributed by atoms with Crippen molar-refractivity contribution >= 4 is 11.3 Å². The van der Waals surface area contributed by atoms with Crippen molar-refractivity contribution in [1.29, 1.82) is 0 Å². The Bertz CT molecular complexity index is 448. The standard InChI is InChI=1S/C14H18N2S/c1-11(2)14-7-6-13(17-14)10-15-9-12-5-3-4-8-16-12/h3-8,11,15H,9-10H2,1-2H3. The van der Waals surface area contributed by atoms with E-state index in [2.05, 4.69) is 36.3 Å². The fraction of sp³-hybridized carbons (Fsp3) is 0.357. The van der Waals surface area contributed by atoms with Gasteiger partial charge in [-0.05, 0) is 30.2 Å². The van der Waals surface area contributed by atoms with Crippen molar-refractivity contribution in [3.63, 3.8) is 0 Å². The quantitative estimate of drug-likeness (QED) is 0.872. The molecule has 0 saturated carbocycles. The molecule has 0 amide bonds. The van der Waals surface area contributed by atoms with Crippen LogP contribution in [-0.4, -0.2) is 4.98 Å². The molecular formula is C14H18N2S. The second kappa shape index (κ2) is 5.94. The Labute approximate surface area is 107 Å². The van der Waals surface area contributed by atoms with Crippen molar-refractivity contribution < 1.29 is 0 Å². The highest BCUT2D eigenvalue weighted by Crippen LogP contribution is 2.23. The van der Waals surface area contributed by atoms with E-state index in [1.54, 1.807) is 0 Å². The molecule has 2 nitrogen and oxygen atoms in total. The molecule has 90 valence electrons. The van der Waals surface area contributed by atoms with Crippen LogP contribution in [0.25, 0.3) is 0 Å². The molecule has 0 radical (unpaired) electrons. The molecular weight excluding hydrogens is 228 g/mol. The maximum Gasteiger partial charge on any atom is 0.0541 e. The molecule has 2 aromatic rings. The van der Waals surface area contributed by atoms with Crippen molar-refractivity contribution in [2.45, 2.75) is 32.9 Å². The molecule has 0 fully saturated rings. The predicted molar refractivity (Wildman–Crippen MR) is 73.2 cm³/mol. The summed E-state index contributed by atoms with van der Waals surface area (Å²) < 4.78 is 0. The Morgan fingerprint density at radius 3 is 2.71 bits per heavy atom. The molecule has 0 spiro atoms. The van der Waals surface area contributed by atoms with Gasteiger partial charge in [-0.15, -0.1) is 11.3 Å². The average molecular weight is 246 g/mol. The van der Waals surface area contributed by atoms with Gasteiger partial charge < -0.3 is 5.32 Å². The largest absolute Gasteiger partial charge is 0.306 e. The van der Waals surface area contributed by atoms with E-state index in [0.717, 1.165) is 18.8 Å². The van der Waals surface area contributed by atoms with Crippen LogP contribution in [0.3, 0.4) is 0 Å². The summed E-state index contributed by atoms with van der Waals surface area (Å²) in [5, 5.41) is 3.42. The van der Waals surface area contributed by atoms with Gasteiger partial charge >= 0.3 is 0 Å². The van der Waals surface area contributed by atoms with E-state index in [9.17, 15) is 0 Å². The van der Waals surface area contributed by atoms with Gasteiger partial charge in [-0.2, -0.15) is 0 Å². The first-order valence-electron chi connectivity index (χ1n) is 5.95. The fourth-order valence-corrected chi connectivity index (χ4v) is 2.60. The van der Waals surface area contributed by atoms with Crippen molar-refractivity contribution in [2.24, 2.45) is 0 Å². The molecule has 17 heavy (non-hydrogen) atoms. The van der Waals surface area contributed by atoms with Crippen molar-refractivity contribution in [2.75, 3.05) is 0 Å². The number of pyridine rings is 1. The second-order valence-corrected chi connectivity index (χ2v) is 5.58. The third-order valence-electron chi connectivity index (χ3n) is 2.58. The molecule has 0 aliphatic rings. The van der Waals surface area contributed by atoms with E-state index in [4.69, 9.17) is 0 Å². The molecule has 3 heteroatoms. The smallest absolute Gasteiger partial charge is 0.0541 e. The number of rotatable bonds is 5. The molecule has 0 aliphatic carbocycles. The SMILES string of the molecule is CC(C)c1ccc(CNCc2ccccn2)s1.